The lowest BCUT2D eigenvalue weighted by Crippen LogP contribution is -2.32. The minimum atomic E-state index is -0.187. The van der Waals surface area contributed by atoms with Crippen molar-refractivity contribution >= 4 is 29.3 Å². The van der Waals surface area contributed by atoms with E-state index in [0.717, 1.165) is 19.4 Å². The van der Waals surface area contributed by atoms with E-state index in [-0.39, 0.29) is 17.9 Å². The molecule has 1 aromatic rings. The smallest absolute Gasteiger partial charge is 0.253 e. The highest BCUT2D eigenvalue weighted by Crippen LogP contribution is 2.17. The Kier molecular flexibility index (Phi) is 6.92. The average molecular weight is 336 g/mol. The second-order valence-corrected chi connectivity index (χ2v) is 7.36. The number of anilines is 1. The fourth-order valence-corrected chi connectivity index (χ4v) is 2.88. The molecule has 1 saturated heterocycles. The Morgan fingerprint density at radius 2 is 2.13 bits per heavy atom. The Hall–Kier alpha value is -1.53. The number of hydrogen-bond donors (Lipinski definition) is 2. The molecule has 0 aromatic heterocycles. The van der Waals surface area contributed by atoms with Gasteiger partial charge in [-0.15, -0.1) is 11.8 Å². The van der Waals surface area contributed by atoms with Crippen molar-refractivity contribution in [1.29, 1.82) is 0 Å². The van der Waals surface area contributed by atoms with Gasteiger partial charge < -0.3 is 15.4 Å². The van der Waals surface area contributed by atoms with Crippen LogP contribution in [0.15, 0.2) is 24.3 Å². The van der Waals surface area contributed by atoms with Gasteiger partial charge >= 0.3 is 0 Å². The maximum Gasteiger partial charge on any atom is 0.253 e. The number of para-hydroxylation sites is 1. The lowest BCUT2D eigenvalue weighted by atomic mass is 10.1. The van der Waals surface area contributed by atoms with Crippen LogP contribution in [0.2, 0.25) is 0 Å². The quantitative estimate of drug-likeness (QED) is 0.803. The maximum absolute atomic E-state index is 12.3. The van der Waals surface area contributed by atoms with Crippen LogP contribution in [0.4, 0.5) is 5.69 Å². The van der Waals surface area contributed by atoms with Crippen LogP contribution in [0.5, 0.6) is 0 Å². The molecule has 1 heterocycles. The van der Waals surface area contributed by atoms with Crippen LogP contribution >= 0.6 is 11.8 Å². The summed E-state index contributed by atoms with van der Waals surface area (Å²) >= 11 is 1.57. The zero-order chi connectivity index (χ0) is 16.7. The molecule has 2 N–H and O–H groups in total. The predicted octanol–water partition coefficient (Wildman–Crippen LogP) is 2.68. The van der Waals surface area contributed by atoms with Gasteiger partial charge in [-0.3, -0.25) is 9.59 Å². The predicted molar refractivity (Wildman–Crippen MR) is 94.0 cm³/mol. The first-order chi connectivity index (χ1) is 11.1. The lowest BCUT2D eigenvalue weighted by molar-refractivity contribution is -0.113. The number of carbonyl (C=O) groups excluding carboxylic acids is 2. The molecule has 2 amide bonds. The minimum absolute atomic E-state index is 0.0944. The van der Waals surface area contributed by atoms with Crippen LogP contribution < -0.4 is 10.6 Å². The summed E-state index contributed by atoms with van der Waals surface area (Å²) in [6.07, 6.45) is 2.12. The second-order valence-electron chi connectivity index (χ2n) is 5.80. The first kappa shape index (κ1) is 17.8. The van der Waals surface area contributed by atoms with E-state index in [2.05, 4.69) is 10.6 Å². The molecule has 0 spiro atoms. The third-order valence-electron chi connectivity index (χ3n) is 3.51. The van der Waals surface area contributed by atoms with Crippen LogP contribution in [-0.2, 0) is 9.53 Å². The van der Waals surface area contributed by atoms with Crippen molar-refractivity contribution < 1.29 is 14.3 Å². The normalized spacial score (nSPS) is 17.3. The number of nitrogens with one attached hydrogen (secondary N) is 2. The number of ether oxygens (including phenoxy) is 1. The van der Waals surface area contributed by atoms with E-state index in [0.29, 0.717) is 28.8 Å². The molecular formula is C17H24N2O3S. The summed E-state index contributed by atoms with van der Waals surface area (Å²) in [5, 5.41) is 6.10. The topological polar surface area (TPSA) is 67.4 Å². The maximum atomic E-state index is 12.3. The molecule has 5 nitrogen and oxygen atoms in total. The largest absolute Gasteiger partial charge is 0.376 e. The van der Waals surface area contributed by atoms with Crippen molar-refractivity contribution in [2.45, 2.75) is 38.0 Å². The molecule has 6 heteroatoms. The molecule has 0 saturated carbocycles. The number of benzene rings is 1. The first-order valence-electron chi connectivity index (χ1n) is 7.96. The number of carbonyl (C=O) groups is 2. The lowest BCUT2D eigenvalue weighted by Gasteiger charge is -2.14. The number of amides is 2. The van der Waals surface area contributed by atoms with Crippen molar-refractivity contribution in [1.82, 2.24) is 5.32 Å². The Labute approximate surface area is 141 Å². The molecule has 1 atom stereocenters. The SMILES string of the molecule is CC(C)SCC(=O)Nc1ccccc1C(=O)NCC1CCCO1. The van der Waals surface area contributed by atoms with Crippen molar-refractivity contribution in [2.24, 2.45) is 0 Å². The Morgan fingerprint density at radius 1 is 1.35 bits per heavy atom. The van der Waals surface area contributed by atoms with Gasteiger partial charge in [-0.25, -0.2) is 0 Å². The molecule has 1 aliphatic rings. The molecule has 0 bridgehead atoms. The third-order valence-corrected chi connectivity index (χ3v) is 4.60. The van der Waals surface area contributed by atoms with E-state index in [4.69, 9.17) is 4.74 Å². The summed E-state index contributed by atoms with van der Waals surface area (Å²) in [5.74, 6) is 0.0970. The van der Waals surface area contributed by atoms with E-state index in [1.807, 2.05) is 19.9 Å². The van der Waals surface area contributed by atoms with Gasteiger partial charge in [0.15, 0.2) is 0 Å². The van der Waals surface area contributed by atoms with Gasteiger partial charge in [-0.05, 0) is 30.2 Å². The van der Waals surface area contributed by atoms with Gasteiger partial charge in [0.1, 0.15) is 0 Å². The summed E-state index contributed by atoms with van der Waals surface area (Å²) in [6, 6.07) is 7.07. The highest BCUT2D eigenvalue weighted by molar-refractivity contribution is 8.00. The molecule has 1 fully saturated rings. The molecule has 2 rings (SSSR count). The summed E-state index contributed by atoms with van der Waals surface area (Å²) in [6.45, 7) is 5.36. The average Bonchev–Trinajstić information content (AvgIpc) is 3.04. The highest BCUT2D eigenvalue weighted by atomic mass is 32.2. The van der Waals surface area contributed by atoms with Crippen molar-refractivity contribution in [3.63, 3.8) is 0 Å². The number of thioether (sulfide) groups is 1. The highest BCUT2D eigenvalue weighted by Gasteiger charge is 2.18. The molecule has 1 aliphatic heterocycles. The van der Waals surface area contributed by atoms with Gasteiger partial charge in [-0.1, -0.05) is 26.0 Å². The summed E-state index contributed by atoms with van der Waals surface area (Å²) in [7, 11) is 0. The molecule has 1 unspecified atom stereocenters. The van der Waals surface area contributed by atoms with Crippen LogP contribution in [0, 0.1) is 0 Å². The van der Waals surface area contributed by atoms with E-state index in [1.54, 1.807) is 30.0 Å². The van der Waals surface area contributed by atoms with Gasteiger partial charge in [0.05, 0.1) is 23.1 Å². The zero-order valence-electron chi connectivity index (χ0n) is 13.6. The van der Waals surface area contributed by atoms with Crippen LogP contribution in [0.25, 0.3) is 0 Å². The molecule has 0 radical (unpaired) electrons. The Bertz CT molecular complexity index is 542. The van der Waals surface area contributed by atoms with Gasteiger partial charge in [0.25, 0.3) is 5.91 Å². The molecule has 23 heavy (non-hydrogen) atoms. The monoisotopic (exact) mass is 336 g/mol. The van der Waals surface area contributed by atoms with E-state index in [9.17, 15) is 9.59 Å². The van der Waals surface area contributed by atoms with Gasteiger partial charge in [0.2, 0.25) is 5.91 Å². The van der Waals surface area contributed by atoms with Crippen molar-refractivity contribution in [2.75, 3.05) is 24.2 Å². The van der Waals surface area contributed by atoms with Crippen molar-refractivity contribution in [3.8, 4) is 0 Å². The van der Waals surface area contributed by atoms with E-state index < -0.39 is 0 Å². The molecule has 0 aliphatic carbocycles. The summed E-state index contributed by atoms with van der Waals surface area (Å²) < 4.78 is 5.50. The van der Waals surface area contributed by atoms with Crippen molar-refractivity contribution in [3.05, 3.63) is 29.8 Å². The Balaban J connectivity index is 1.93. The fourth-order valence-electron chi connectivity index (χ4n) is 2.33. The van der Waals surface area contributed by atoms with Gasteiger partial charge in [-0.2, -0.15) is 0 Å². The standard InChI is InChI=1S/C17H24N2O3S/c1-12(2)23-11-16(20)19-15-8-4-3-7-14(15)17(21)18-10-13-6-5-9-22-13/h3-4,7-8,12-13H,5-6,9-11H2,1-2H3,(H,18,21)(H,19,20). The molecule has 126 valence electrons. The molecule has 1 aromatic carbocycles. The number of rotatable bonds is 7. The zero-order valence-corrected chi connectivity index (χ0v) is 14.4. The second kappa shape index (κ2) is 8.93. The minimum Gasteiger partial charge on any atom is -0.376 e. The van der Waals surface area contributed by atoms with E-state index >= 15 is 0 Å². The fraction of sp³-hybridized carbons (Fsp3) is 0.529. The van der Waals surface area contributed by atoms with E-state index in [1.165, 1.54) is 0 Å². The van der Waals surface area contributed by atoms with Gasteiger partial charge in [0, 0.05) is 13.2 Å². The first-order valence-corrected chi connectivity index (χ1v) is 9.01. The number of hydrogen-bond acceptors (Lipinski definition) is 4. The third kappa shape index (κ3) is 5.88. The van der Waals surface area contributed by atoms with Crippen LogP contribution in [0.1, 0.15) is 37.0 Å². The molecular weight excluding hydrogens is 312 g/mol. The summed E-state index contributed by atoms with van der Waals surface area (Å²) in [5.41, 5.74) is 1.03. The summed E-state index contributed by atoms with van der Waals surface area (Å²) in [4.78, 5) is 24.3. The van der Waals surface area contributed by atoms with Crippen LogP contribution in [0.3, 0.4) is 0 Å². The Morgan fingerprint density at radius 3 is 2.83 bits per heavy atom. The van der Waals surface area contributed by atoms with Crippen LogP contribution in [-0.4, -0.2) is 42.1 Å².